The predicted molar refractivity (Wildman–Crippen MR) is 61.5 cm³/mol. The predicted octanol–water partition coefficient (Wildman–Crippen LogP) is 1.69. The molecule has 0 saturated carbocycles. The van der Waals surface area contributed by atoms with E-state index in [1.807, 2.05) is 11.3 Å². The van der Waals surface area contributed by atoms with E-state index >= 15 is 0 Å². The lowest BCUT2D eigenvalue weighted by molar-refractivity contribution is 0.421. The zero-order chi connectivity index (χ0) is 9.80. The molecule has 2 N–H and O–H groups in total. The summed E-state index contributed by atoms with van der Waals surface area (Å²) >= 11 is 1.83. The van der Waals surface area contributed by atoms with Crippen LogP contribution in [0.4, 0.5) is 0 Å². The zero-order valence-electron chi connectivity index (χ0n) is 8.62. The van der Waals surface area contributed by atoms with Crippen molar-refractivity contribution < 1.29 is 0 Å². The second kappa shape index (κ2) is 4.91. The Labute approximate surface area is 89.7 Å². The van der Waals surface area contributed by atoms with Gasteiger partial charge in [0.2, 0.25) is 0 Å². The second-order valence-corrected chi connectivity index (χ2v) is 5.14. The third-order valence-corrected chi connectivity index (χ3v) is 3.84. The summed E-state index contributed by atoms with van der Waals surface area (Å²) in [5, 5.41) is 9.09. The molecule has 0 aliphatic carbocycles. The number of nitrogens with one attached hydrogen (secondary N) is 2. The smallest absolute Gasteiger partial charge is 0.0299 e. The zero-order valence-corrected chi connectivity index (χ0v) is 9.44. The summed E-state index contributed by atoms with van der Waals surface area (Å²) in [4.78, 5) is 1.43. The Morgan fingerprint density at radius 1 is 1.57 bits per heavy atom. The van der Waals surface area contributed by atoms with Crippen molar-refractivity contribution in [3.05, 3.63) is 22.4 Å². The Morgan fingerprint density at radius 3 is 3.14 bits per heavy atom. The maximum Gasteiger partial charge on any atom is 0.0299 e. The third-order valence-electron chi connectivity index (χ3n) is 2.96. The van der Waals surface area contributed by atoms with Crippen LogP contribution in [-0.4, -0.2) is 19.6 Å². The molecule has 1 aliphatic heterocycles. The largest absolute Gasteiger partial charge is 0.316 e. The number of hydrogen-bond acceptors (Lipinski definition) is 3. The molecule has 0 amide bonds. The molecule has 1 saturated heterocycles. The van der Waals surface area contributed by atoms with Crippen molar-refractivity contribution in [3.63, 3.8) is 0 Å². The summed E-state index contributed by atoms with van der Waals surface area (Å²) in [6.07, 6.45) is 0. The van der Waals surface area contributed by atoms with Gasteiger partial charge in [0.1, 0.15) is 0 Å². The number of thiophene rings is 1. The lowest BCUT2D eigenvalue weighted by Crippen LogP contribution is -2.26. The molecule has 1 aliphatic rings. The van der Waals surface area contributed by atoms with Gasteiger partial charge in [0.15, 0.2) is 0 Å². The maximum absolute atomic E-state index is 3.53. The van der Waals surface area contributed by atoms with E-state index in [-0.39, 0.29) is 0 Å². The number of rotatable bonds is 4. The Balaban J connectivity index is 1.68. The highest BCUT2D eigenvalue weighted by molar-refractivity contribution is 7.09. The molecule has 78 valence electrons. The van der Waals surface area contributed by atoms with Gasteiger partial charge in [-0.1, -0.05) is 13.0 Å². The van der Waals surface area contributed by atoms with Gasteiger partial charge >= 0.3 is 0 Å². The van der Waals surface area contributed by atoms with Crippen LogP contribution in [0.2, 0.25) is 0 Å². The van der Waals surface area contributed by atoms with Crippen molar-refractivity contribution >= 4 is 11.3 Å². The Morgan fingerprint density at radius 2 is 2.50 bits per heavy atom. The Kier molecular flexibility index (Phi) is 3.56. The van der Waals surface area contributed by atoms with Gasteiger partial charge in [-0.3, -0.25) is 0 Å². The van der Waals surface area contributed by atoms with Crippen molar-refractivity contribution in [2.24, 2.45) is 11.8 Å². The number of hydrogen-bond donors (Lipinski definition) is 2. The first kappa shape index (κ1) is 10.1. The summed E-state index contributed by atoms with van der Waals surface area (Å²) in [5.41, 5.74) is 0. The summed E-state index contributed by atoms with van der Waals surface area (Å²) in [6.45, 7) is 6.87. The second-order valence-electron chi connectivity index (χ2n) is 4.11. The fourth-order valence-corrected chi connectivity index (χ4v) is 2.61. The molecular weight excluding hydrogens is 192 g/mol. The van der Waals surface area contributed by atoms with Gasteiger partial charge in [-0.2, -0.15) is 0 Å². The Hall–Kier alpha value is -0.380. The highest BCUT2D eigenvalue weighted by atomic mass is 32.1. The first-order chi connectivity index (χ1) is 6.86. The standard InChI is InChI=1S/C11H18N2S/c1-9-5-12-6-10(9)7-13-8-11-3-2-4-14-11/h2-4,9-10,12-13H,5-8H2,1H3. The molecule has 2 unspecified atom stereocenters. The van der Waals surface area contributed by atoms with Crippen molar-refractivity contribution in [1.82, 2.24) is 10.6 Å². The lowest BCUT2D eigenvalue weighted by Gasteiger charge is -2.14. The maximum atomic E-state index is 3.53. The third kappa shape index (κ3) is 2.56. The molecule has 1 fully saturated rings. The van der Waals surface area contributed by atoms with E-state index in [1.54, 1.807) is 0 Å². The molecule has 1 aromatic rings. The minimum atomic E-state index is 0.815. The monoisotopic (exact) mass is 210 g/mol. The van der Waals surface area contributed by atoms with E-state index in [1.165, 1.54) is 18.0 Å². The summed E-state index contributed by atoms with van der Waals surface area (Å²) < 4.78 is 0. The van der Waals surface area contributed by atoms with Gasteiger partial charge in [-0.05, 0) is 42.9 Å². The summed E-state index contributed by atoms with van der Waals surface area (Å²) in [7, 11) is 0. The van der Waals surface area contributed by atoms with Crippen LogP contribution in [0.5, 0.6) is 0 Å². The van der Waals surface area contributed by atoms with E-state index in [4.69, 9.17) is 0 Å². The van der Waals surface area contributed by atoms with E-state index in [0.29, 0.717) is 0 Å². The molecule has 0 aromatic carbocycles. The molecule has 2 rings (SSSR count). The lowest BCUT2D eigenvalue weighted by atomic mass is 9.98. The van der Waals surface area contributed by atoms with Gasteiger partial charge < -0.3 is 10.6 Å². The summed E-state index contributed by atoms with van der Waals surface area (Å²) in [5.74, 6) is 1.64. The summed E-state index contributed by atoms with van der Waals surface area (Å²) in [6, 6.07) is 4.30. The molecule has 1 aromatic heterocycles. The van der Waals surface area contributed by atoms with Crippen molar-refractivity contribution in [2.75, 3.05) is 19.6 Å². The fraction of sp³-hybridized carbons (Fsp3) is 0.636. The first-order valence-electron chi connectivity index (χ1n) is 5.30. The minimum Gasteiger partial charge on any atom is -0.316 e. The van der Waals surface area contributed by atoms with E-state index in [9.17, 15) is 0 Å². The normalized spacial score (nSPS) is 26.9. The van der Waals surface area contributed by atoms with Gasteiger partial charge in [0.05, 0.1) is 0 Å². The van der Waals surface area contributed by atoms with Crippen LogP contribution in [0.3, 0.4) is 0 Å². The highest BCUT2D eigenvalue weighted by Crippen LogP contribution is 2.15. The SMILES string of the molecule is CC1CNCC1CNCc1cccs1. The van der Waals surface area contributed by atoms with Gasteiger partial charge in [-0.15, -0.1) is 11.3 Å². The molecule has 0 spiro atoms. The topological polar surface area (TPSA) is 24.1 Å². The van der Waals surface area contributed by atoms with Crippen molar-refractivity contribution in [2.45, 2.75) is 13.5 Å². The van der Waals surface area contributed by atoms with E-state index in [2.05, 4.69) is 35.1 Å². The molecular formula is C11H18N2S. The van der Waals surface area contributed by atoms with Crippen LogP contribution < -0.4 is 10.6 Å². The van der Waals surface area contributed by atoms with Crippen LogP contribution >= 0.6 is 11.3 Å². The van der Waals surface area contributed by atoms with Crippen LogP contribution in [0.15, 0.2) is 17.5 Å². The average molecular weight is 210 g/mol. The van der Waals surface area contributed by atoms with Gasteiger partial charge in [0.25, 0.3) is 0 Å². The first-order valence-corrected chi connectivity index (χ1v) is 6.18. The molecule has 0 bridgehead atoms. The minimum absolute atomic E-state index is 0.815. The van der Waals surface area contributed by atoms with Crippen LogP contribution in [-0.2, 0) is 6.54 Å². The molecule has 0 radical (unpaired) electrons. The Bertz CT molecular complexity index is 258. The van der Waals surface area contributed by atoms with Crippen molar-refractivity contribution in [1.29, 1.82) is 0 Å². The van der Waals surface area contributed by atoms with Gasteiger partial charge in [0, 0.05) is 11.4 Å². The molecule has 2 heterocycles. The molecule has 3 heteroatoms. The molecule has 2 atom stereocenters. The van der Waals surface area contributed by atoms with E-state index in [0.717, 1.165) is 24.9 Å². The van der Waals surface area contributed by atoms with Crippen LogP contribution in [0, 0.1) is 11.8 Å². The van der Waals surface area contributed by atoms with E-state index < -0.39 is 0 Å². The van der Waals surface area contributed by atoms with Crippen LogP contribution in [0.25, 0.3) is 0 Å². The van der Waals surface area contributed by atoms with Crippen molar-refractivity contribution in [3.8, 4) is 0 Å². The van der Waals surface area contributed by atoms with Gasteiger partial charge in [-0.25, -0.2) is 0 Å². The van der Waals surface area contributed by atoms with Crippen LogP contribution in [0.1, 0.15) is 11.8 Å². The fourth-order valence-electron chi connectivity index (χ4n) is 1.93. The molecule has 2 nitrogen and oxygen atoms in total. The average Bonchev–Trinajstić information content (AvgIpc) is 2.78. The highest BCUT2D eigenvalue weighted by Gasteiger charge is 2.21. The quantitative estimate of drug-likeness (QED) is 0.790. The molecule has 14 heavy (non-hydrogen) atoms.